The van der Waals surface area contributed by atoms with Crippen molar-refractivity contribution in [2.45, 2.75) is 12.5 Å². The number of furan rings is 1. The van der Waals surface area contributed by atoms with Gasteiger partial charge >= 0.3 is 0 Å². The van der Waals surface area contributed by atoms with Crippen LogP contribution < -0.4 is 0 Å². The lowest BCUT2D eigenvalue weighted by Crippen LogP contribution is -2.30. The van der Waals surface area contributed by atoms with Crippen LogP contribution in [0.4, 0.5) is 0 Å². The van der Waals surface area contributed by atoms with E-state index in [1.165, 1.54) is 22.3 Å². The number of aromatic nitrogens is 2. The zero-order chi connectivity index (χ0) is 20.1. The maximum absolute atomic E-state index is 6.23. The van der Waals surface area contributed by atoms with E-state index in [2.05, 4.69) is 76.5 Å². The minimum absolute atomic E-state index is 0.240. The fourth-order valence-corrected chi connectivity index (χ4v) is 4.60. The minimum atomic E-state index is 0.240. The number of hydrogen-bond acceptors (Lipinski definition) is 4. The molecule has 146 valence electrons. The molecule has 6 rings (SSSR count). The van der Waals surface area contributed by atoms with E-state index in [0.29, 0.717) is 0 Å². The van der Waals surface area contributed by atoms with Crippen LogP contribution in [0.25, 0.3) is 33.0 Å². The minimum Gasteiger partial charge on any atom is -0.460 e. The van der Waals surface area contributed by atoms with Crippen molar-refractivity contribution in [2.24, 2.45) is 0 Å². The van der Waals surface area contributed by atoms with Gasteiger partial charge in [-0.3, -0.25) is 0 Å². The summed E-state index contributed by atoms with van der Waals surface area (Å²) >= 11 is 0. The second kappa shape index (κ2) is 6.78. The molecule has 1 aliphatic heterocycles. The van der Waals surface area contributed by atoms with Gasteiger partial charge in [0, 0.05) is 30.1 Å². The Bertz CT molecular complexity index is 1350. The SMILES string of the molecule is CN1Cc2cc(-c3ccc4cncnc4c3)ccc2C(c2cc3ccccc3o2)C1. The van der Waals surface area contributed by atoms with Gasteiger partial charge in [-0.1, -0.05) is 42.5 Å². The van der Waals surface area contributed by atoms with Crippen LogP contribution in [0.3, 0.4) is 0 Å². The molecule has 1 atom stereocenters. The highest BCUT2D eigenvalue weighted by Crippen LogP contribution is 2.37. The molecule has 1 unspecified atom stereocenters. The van der Waals surface area contributed by atoms with E-state index in [9.17, 15) is 0 Å². The van der Waals surface area contributed by atoms with Crippen molar-refractivity contribution in [1.82, 2.24) is 14.9 Å². The summed E-state index contributed by atoms with van der Waals surface area (Å²) in [4.78, 5) is 10.9. The number of benzene rings is 3. The number of rotatable bonds is 2. The molecule has 0 amide bonds. The molecule has 0 N–H and O–H groups in total. The van der Waals surface area contributed by atoms with Crippen molar-refractivity contribution >= 4 is 21.9 Å². The summed E-state index contributed by atoms with van der Waals surface area (Å²) in [5.41, 5.74) is 7.04. The smallest absolute Gasteiger partial charge is 0.134 e. The first-order chi connectivity index (χ1) is 14.7. The summed E-state index contributed by atoms with van der Waals surface area (Å²) in [6, 6.07) is 23.6. The first-order valence-corrected chi connectivity index (χ1v) is 10.2. The molecule has 4 heteroatoms. The van der Waals surface area contributed by atoms with Gasteiger partial charge in [-0.05, 0) is 53.6 Å². The third-order valence-electron chi connectivity index (χ3n) is 6.08. The topological polar surface area (TPSA) is 42.2 Å². The monoisotopic (exact) mass is 391 g/mol. The van der Waals surface area contributed by atoms with Gasteiger partial charge in [0.15, 0.2) is 0 Å². The first-order valence-electron chi connectivity index (χ1n) is 10.2. The predicted octanol–water partition coefficient (Wildman–Crippen LogP) is 5.62. The highest BCUT2D eigenvalue weighted by molar-refractivity contribution is 5.83. The van der Waals surface area contributed by atoms with Crippen LogP contribution in [0.5, 0.6) is 0 Å². The molecular formula is C26H21N3O. The highest BCUT2D eigenvalue weighted by atomic mass is 16.3. The van der Waals surface area contributed by atoms with Crippen molar-refractivity contribution < 1.29 is 4.42 Å². The van der Waals surface area contributed by atoms with Crippen LogP contribution in [0.1, 0.15) is 22.8 Å². The Kier molecular flexibility index (Phi) is 3.93. The number of nitrogens with zero attached hydrogens (tertiary/aromatic N) is 3. The molecule has 0 aliphatic carbocycles. The Morgan fingerprint density at radius 3 is 2.73 bits per heavy atom. The molecule has 1 aliphatic rings. The lowest BCUT2D eigenvalue weighted by Gasteiger charge is -2.31. The fraction of sp³-hybridized carbons (Fsp3) is 0.154. The van der Waals surface area contributed by atoms with E-state index >= 15 is 0 Å². The second-order valence-corrected chi connectivity index (χ2v) is 8.15. The first kappa shape index (κ1) is 17.4. The van der Waals surface area contributed by atoms with E-state index in [4.69, 9.17) is 4.42 Å². The van der Waals surface area contributed by atoms with Crippen LogP contribution >= 0.6 is 0 Å². The molecular weight excluding hydrogens is 370 g/mol. The third-order valence-corrected chi connectivity index (χ3v) is 6.08. The maximum Gasteiger partial charge on any atom is 0.134 e. The molecule has 2 aromatic heterocycles. The van der Waals surface area contributed by atoms with Crippen LogP contribution in [0, 0.1) is 0 Å². The second-order valence-electron chi connectivity index (χ2n) is 8.15. The van der Waals surface area contributed by atoms with Gasteiger partial charge in [0.25, 0.3) is 0 Å². The average molecular weight is 391 g/mol. The van der Waals surface area contributed by atoms with Gasteiger partial charge in [-0.15, -0.1) is 0 Å². The molecule has 0 radical (unpaired) electrons. The number of para-hydroxylation sites is 1. The highest BCUT2D eigenvalue weighted by Gasteiger charge is 2.27. The summed E-state index contributed by atoms with van der Waals surface area (Å²) in [7, 11) is 2.18. The molecule has 0 saturated carbocycles. The molecule has 3 heterocycles. The molecule has 0 saturated heterocycles. The van der Waals surface area contributed by atoms with Gasteiger partial charge in [0.2, 0.25) is 0 Å². The van der Waals surface area contributed by atoms with Gasteiger partial charge < -0.3 is 9.32 Å². The van der Waals surface area contributed by atoms with Crippen molar-refractivity contribution in [3.05, 3.63) is 96.1 Å². The normalized spacial score (nSPS) is 16.8. The lowest BCUT2D eigenvalue weighted by molar-refractivity contribution is 0.282. The van der Waals surface area contributed by atoms with Crippen molar-refractivity contribution in [3.8, 4) is 11.1 Å². The molecule has 5 aromatic rings. The summed E-state index contributed by atoms with van der Waals surface area (Å²) < 4.78 is 6.23. The van der Waals surface area contributed by atoms with E-state index in [1.54, 1.807) is 6.33 Å². The Morgan fingerprint density at radius 1 is 0.933 bits per heavy atom. The number of likely N-dealkylation sites (N-methyl/N-ethyl adjacent to an activating group) is 1. The summed E-state index contributed by atoms with van der Waals surface area (Å²) in [6.45, 7) is 1.90. The maximum atomic E-state index is 6.23. The van der Waals surface area contributed by atoms with Crippen LogP contribution in [-0.4, -0.2) is 28.5 Å². The Morgan fingerprint density at radius 2 is 1.80 bits per heavy atom. The molecule has 0 fully saturated rings. The van der Waals surface area contributed by atoms with E-state index in [1.807, 2.05) is 18.3 Å². The Labute approximate surface area is 174 Å². The summed E-state index contributed by atoms with van der Waals surface area (Å²) in [5, 5.41) is 2.22. The molecule has 0 spiro atoms. The van der Waals surface area contributed by atoms with E-state index in [-0.39, 0.29) is 5.92 Å². The number of hydrogen-bond donors (Lipinski definition) is 0. The van der Waals surface area contributed by atoms with Crippen LogP contribution in [0.15, 0.2) is 83.7 Å². The van der Waals surface area contributed by atoms with Gasteiger partial charge in [-0.25, -0.2) is 9.97 Å². The Hall–Kier alpha value is -3.50. The quantitative estimate of drug-likeness (QED) is 0.392. The molecule has 3 aromatic carbocycles. The fourth-order valence-electron chi connectivity index (χ4n) is 4.60. The Balaban J connectivity index is 1.43. The summed E-state index contributed by atoms with van der Waals surface area (Å²) in [6.07, 6.45) is 3.46. The standard InChI is InChI=1S/C26H21N3O/c1-29-14-21-10-17(18-6-7-20-13-27-16-28-24(20)11-18)8-9-22(21)23(15-29)26-12-19-4-2-3-5-25(19)30-26/h2-13,16,23H,14-15H2,1H3. The molecule has 30 heavy (non-hydrogen) atoms. The predicted molar refractivity (Wildman–Crippen MR) is 119 cm³/mol. The van der Waals surface area contributed by atoms with Gasteiger partial charge in [-0.2, -0.15) is 0 Å². The molecule has 0 bridgehead atoms. The van der Waals surface area contributed by atoms with E-state index in [0.717, 1.165) is 40.7 Å². The zero-order valence-corrected chi connectivity index (χ0v) is 16.7. The van der Waals surface area contributed by atoms with Crippen molar-refractivity contribution in [2.75, 3.05) is 13.6 Å². The van der Waals surface area contributed by atoms with E-state index < -0.39 is 0 Å². The largest absolute Gasteiger partial charge is 0.460 e. The molecule has 4 nitrogen and oxygen atoms in total. The van der Waals surface area contributed by atoms with Crippen LogP contribution in [-0.2, 0) is 6.54 Å². The zero-order valence-electron chi connectivity index (χ0n) is 16.7. The number of fused-ring (bicyclic) bond motifs is 3. The average Bonchev–Trinajstić information content (AvgIpc) is 3.22. The third kappa shape index (κ3) is 2.88. The van der Waals surface area contributed by atoms with Gasteiger partial charge in [0.05, 0.1) is 11.4 Å². The van der Waals surface area contributed by atoms with Crippen molar-refractivity contribution in [3.63, 3.8) is 0 Å². The summed E-state index contributed by atoms with van der Waals surface area (Å²) in [5.74, 6) is 1.28. The van der Waals surface area contributed by atoms with Gasteiger partial charge in [0.1, 0.15) is 17.7 Å². The van der Waals surface area contributed by atoms with Crippen molar-refractivity contribution in [1.29, 1.82) is 0 Å². The lowest BCUT2D eigenvalue weighted by atomic mass is 9.86. The van der Waals surface area contributed by atoms with Crippen LogP contribution in [0.2, 0.25) is 0 Å².